The molecule has 2 N–H and O–H groups in total. The Bertz CT molecular complexity index is 545. The van der Waals surface area contributed by atoms with E-state index in [0.717, 1.165) is 6.42 Å². The number of ether oxygens (including phenoxy) is 1. The van der Waals surface area contributed by atoms with E-state index >= 15 is 0 Å². The van der Waals surface area contributed by atoms with Crippen LogP contribution in [0.2, 0.25) is 0 Å². The first-order valence-corrected chi connectivity index (χ1v) is 7.23. The maximum Gasteiger partial charge on any atom is 0.387 e. The highest BCUT2D eigenvalue weighted by atomic mass is 19.3. The van der Waals surface area contributed by atoms with Crippen molar-refractivity contribution in [1.29, 1.82) is 0 Å². The molecule has 0 spiro atoms. The van der Waals surface area contributed by atoms with Crippen molar-refractivity contribution in [3.05, 3.63) is 35.9 Å². The van der Waals surface area contributed by atoms with Crippen molar-refractivity contribution >= 4 is 17.9 Å². The van der Waals surface area contributed by atoms with Crippen molar-refractivity contribution in [2.45, 2.75) is 32.9 Å². The summed E-state index contributed by atoms with van der Waals surface area (Å²) in [5.74, 6) is -0.623. The van der Waals surface area contributed by atoms with Crippen molar-refractivity contribution in [1.82, 2.24) is 10.6 Å². The minimum Gasteiger partial charge on any atom is -0.435 e. The molecule has 0 bridgehead atoms. The predicted octanol–water partition coefficient (Wildman–Crippen LogP) is 2.33. The fourth-order valence-corrected chi connectivity index (χ4v) is 1.66. The van der Waals surface area contributed by atoms with Gasteiger partial charge in [-0.15, -0.1) is 0 Å². The number of alkyl halides is 2. The van der Waals surface area contributed by atoms with Crippen LogP contribution in [0.5, 0.6) is 5.75 Å². The first-order chi connectivity index (χ1) is 10.9. The maximum absolute atomic E-state index is 12.0. The van der Waals surface area contributed by atoms with Crippen LogP contribution in [-0.4, -0.2) is 31.0 Å². The molecular formula is C16H20F2N2O3. The SMILES string of the molecule is CCCNC(=O)[C@@H](C)NC(=O)/C=C/c1ccc(OC(F)F)cc1. The largest absolute Gasteiger partial charge is 0.435 e. The zero-order valence-electron chi connectivity index (χ0n) is 13.0. The van der Waals surface area contributed by atoms with Gasteiger partial charge in [-0.25, -0.2) is 0 Å². The van der Waals surface area contributed by atoms with Gasteiger partial charge in [0, 0.05) is 12.6 Å². The first-order valence-electron chi connectivity index (χ1n) is 7.23. The Balaban J connectivity index is 2.49. The number of nitrogens with one attached hydrogen (secondary N) is 2. The molecular weight excluding hydrogens is 306 g/mol. The fraction of sp³-hybridized carbons (Fsp3) is 0.375. The molecule has 1 atom stereocenters. The smallest absolute Gasteiger partial charge is 0.387 e. The number of carbonyl (C=O) groups excluding carboxylic acids is 2. The lowest BCUT2D eigenvalue weighted by Crippen LogP contribution is -2.44. The molecule has 7 heteroatoms. The van der Waals surface area contributed by atoms with Crippen molar-refractivity contribution in [3.8, 4) is 5.75 Å². The summed E-state index contributed by atoms with van der Waals surface area (Å²) in [5.41, 5.74) is 0.643. The van der Waals surface area contributed by atoms with Crippen molar-refractivity contribution < 1.29 is 23.1 Å². The number of carbonyl (C=O) groups is 2. The molecule has 0 radical (unpaired) electrons. The van der Waals surface area contributed by atoms with Crippen LogP contribution in [0.4, 0.5) is 8.78 Å². The molecule has 5 nitrogen and oxygen atoms in total. The van der Waals surface area contributed by atoms with Gasteiger partial charge in [-0.2, -0.15) is 8.78 Å². The average molecular weight is 326 g/mol. The van der Waals surface area contributed by atoms with E-state index in [9.17, 15) is 18.4 Å². The normalized spacial score (nSPS) is 12.2. The first kappa shape index (κ1) is 18.6. The Morgan fingerprint density at radius 2 is 1.91 bits per heavy atom. The third-order valence-electron chi connectivity index (χ3n) is 2.83. The molecule has 1 aromatic rings. The van der Waals surface area contributed by atoms with E-state index in [1.807, 2.05) is 6.92 Å². The van der Waals surface area contributed by atoms with Crippen molar-refractivity contribution in [2.24, 2.45) is 0 Å². The summed E-state index contributed by atoms with van der Waals surface area (Å²) in [6.07, 6.45) is 3.60. The standard InChI is InChI=1S/C16H20F2N2O3/c1-3-10-19-15(22)11(2)20-14(21)9-6-12-4-7-13(8-5-12)23-16(17)18/h4-9,11,16H,3,10H2,1-2H3,(H,19,22)(H,20,21)/b9-6+/t11-/m1/s1. The summed E-state index contributed by atoms with van der Waals surface area (Å²) < 4.78 is 28.3. The Labute approximate surface area is 133 Å². The van der Waals surface area contributed by atoms with Gasteiger partial charge in [0.05, 0.1) is 0 Å². The van der Waals surface area contributed by atoms with Crippen LogP contribution in [0.3, 0.4) is 0 Å². The van der Waals surface area contributed by atoms with E-state index in [1.165, 1.54) is 24.3 Å². The lowest BCUT2D eigenvalue weighted by Gasteiger charge is -2.12. The van der Waals surface area contributed by atoms with Gasteiger partial charge in [0.2, 0.25) is 11.8 Å². The van der Waals surface area contributed by atoms with E-state index < -0.39 is 18.6 Å². The topological polar surface area (TPSA) is 67.4 Å². The summed E-state index contributed by atoms with van der Waals surface area (Å²) in [6.45, 7) is 1.21. The third-order valence-corrected chi connectivity index (χ3v) is 2.83. The number of rotatable bonds is 8. The van der Waals surface area contributed by atoms with Crippen LogP contribution >= 0.6 is 0 Å². The van der Waals surface area contributed by atoms with Crippen LogP contribution in [0.1, 0.15) is 25.8 Å². The zero-order chi connectivity index (χ0) is 17.2. The highest BCUT2D eigenvalue weighted by Gasteiger charge is 2.13. The summed E-state index contributed by atoms with van der Waals surface area (Å²) >= 11 is 0. The van der Waals surface area contributed by atoms with Gasteiger partial charge in [0.1, 0.15) is 11.8 Å². The monoisotopic (exact) mass is 326 g/mol. The summed E-state index contributed by atoms with van der Waals surface area (Å²) in [6, 6.07) is 5.20. The zero-order valence-corrected chi connectivity index (χ0v) is 13.0. The molecule has 0 aliphatic rings. The number of hydrogen-bond donors (Lipinski definition) is 2. The molecule has 23 heavy (non-hydrogen) atoms. The van der Waals surface area contributed by atoms with E-state index in [2.05, 4.69) is 15.4 Å². The molecule has 0 aliphatic carbocycles. The van der Waals surface area contributed by atoms with E-state index in [-0.39, 0.29) is 11.7 Å². The average Bonchev–Trinajstić information content (AvgIpc) is 2.51. The summed E-state index contributed by atoms with van der Waals surface area (Å²) in [7, 11) is 0. The number of halogens is 2. The molecule has 0 fully saturated rings. The molecule has 0 aliphatic heterocycles. The second kappa shape index (κ2) is 9.55. The Morgan fingerprint density at radius 1 is 1.26 bits per heavy atom. The number of benzene rings is 1. The third kappa shape index (κ3) is 7.39. The molecule has 0 saturated carbocycles. The van der Waals surface area contributed by atoms with E-state index in [4.69, 9.17) is 0 Å². The molecule has 0 heterocycles. The van der Waals surface area contributed by atoms with Crippen LogP contribution in [-0.2, 0) is 9.59 Å². The minimum atomic E-state index is -2.87. The lowest BCUT2D eigenvalue weighted by molar-refractivity contribution is -0.126. The van der Waals surface area contributed by atoms with Crippen LogP contribution < -0.4 is 15.4 Å². The van der Waals surface area contributed by atoms with Gasteiger partial charge in [-0.3, -0.25) is 9.59 Å². The van der Waals surface area contributed by atoms with Gasteiger partial charge >= 0.3 is 6.61 Å². The van der Waals surface area contributed by atoms with Crippen LogP contribution in [0, 0.1) is 0 Å². The maximum atomic E-state index is 12.0. The lowest BCUT2D eigenvalue weighted by atomic mass is 10.2. The minimum absolute atomic E-state index is 0.0443. The highest BCUT2D eigenvalue weighted by Crippen LogP contribution is 2.15. The van der Waals surface area contributed by atoms with Gasteiger partial charge < -0.3 is 15.4 Å². The summed E-state index contributed by atoms with van der Waals surface area (Å²) in [4.78, 5) is 23.3. The second-order valence-corrected chi connectivity index (χ2v) is 4.80. The molecule has 0 unspecified atom stereocenters. The van der Waals surface area contributed by atoms with Crippen LogP contribution in [0.15, 0.2) is 30.3 Å². The Morgan fingerprint density at radius 3 is 2.48 bits per heavy atom. The van der Waals surface area contributed by atoms with Gasteiger partial charge in [0.15, 0.2) is 0 Å². The molecule has 1 rings (SSSR count). The van der Waals surface area contributed by atoms with Gasteiger partial charge in [-0.05, 0) is 37.1 Å². The predicted molar refractivity (Wildman–Crippen MR) is 83.0 cm³/mol. The highest BCUT2D eigenvalue weighted by molar-refractivity contribution is 5.95. The molecule has 126 valence electrons. The molecule has 0 saturated heterocycles. The van der Waals surface area contributed by atoms with E-state index in [1.54, 1.807) is 19.1 Å². The van der Waals surface area contributed by atoms with Crippen LogP contribution in [0.25, 0.3) is 6.08 Å². The second-order valence-electron chi connectivity index (χ2n) is 4.80. The molecule has 1 aromatic carbocycles. The number of amides is 2. The van der Waals surface area contributed by atoms with Gasteiger partial charge in [0.25, 0.3) is 0 Å². The van der Waals surface area contributed by atoms with Gasteiger partial charge in [-0.1, -0.05) is 19.1 Å². The Kier molecular flexibility index (Phi) is 7.73. The molecule has 2 amide bonds. The Hall–Kier alpha value is -2.44. The van der Waals surface area contributed by atoms with E-state index in [0.29, 0.717) is 12.1 Å². The van der Waals surface area contributed by atoms with Crippen molar-refractivity contribution in [3.63, 3.8) is 0 Å². The molecule has 0 aromatic heterocycles. The summed E-state index contributed by atoms with van der Waals surface area (Å²) in [5, 5.41) is 5.21. The quantitative estimate of drug-likeness (QED) is 0.721. The fourth-order valence-electron chi connectivity index (χ4n) is 1.66. The number of hydrogen-bond acceptors (Lipinski definition) is 3. The van der Waals surface area contributed by atoms with Crippen molar-refractivity contribution in [2.75, 3.05) is 6.54 Å².